The van der Waals surface area contributed by atoms with Gasteiger partial charge in [-0.05, 0) is 287 Å². The van der Waals surface area contributed by atoms with Gasteiger partial charge in [0.2, 0.25) is 0 Å². The van der Waals surface area contributed by atoms with Crippen LogP contribution in [0.1, 0.15) is 300 Å². The molecule has 12 saturated carbocycles. The minimum atomic E-state index is -4.74. The summed E-state index contributed by atoms with van der Waals surface area (Å²) in [4.78, 5) is 108. The van der Waals surface area contributed by atoms with Gasteiger partial charge in [-0.3, -0.25) is 43.2 Å². The van der Waals surface area contributed by atoms with Crippen LogP contribution >= 0.6 is 0 Å². The summed E-state index contributed by atoms with van der Waals surface area (Å²) in [7, 11) is 0. The number of hydrogen-bond donors (Lipinski definition) is 2. The summed E-state index contributed by atoms with van der Waals surface area (Å²) in [6.45, 7) is 39.1. The van der Waals surface area contributed by atoms with Crippen LogP contribution in [-0.2, 0) is 85.8 Å². The highest BCUT2D eigenvalue weighted by atomic mass is 19.4. The van der Waals surface area contributed by atoms with Crippen molar-refractivity contribution in [2.45, 2.75) is 378 Å². The Morgan fingerprint density at radius 1 is 0.400 bits per heavy atom. The molecule has 22 atom stereocenters. The zero-order chi connectivity index (χ0) is 86.2. The molecule has 0 amide bonds. The van der Waals surface area contributed by atoms with Gasteiger partial charge in [0, 0.05) is 41.9 Å². The van der Waals surface area contributed by atoms with E-state index < -0.39 is 69.1 Å². The molecule has 26 heteroatoms. The van der Waals surface area contributed by atoms with Crippen molar-refractivity contribution in [1.82, 2.24) is 0 Å². The van der Waals surface area contributed by atoms with Gasteiger partial charge in [0.25, 0.3) is 0 Å². The lowest BCUT2D eigenvalue weighted by atomic mass is 9.49. The second kappa shape index (κ2) is 34.3. The van der Waals surface area contributed by atoms with Gasteiger partial charge in [0.15, 0.2) is 11.2 Å². The maximum Gasteiger partial charge on any atom is 0.417 e. The molecular weight excluding hydrogens is 1500 g/mol. The Kier molecular flexibility index (Phi) is 27.9. The van der Waals surface area contributed by atoms with Gasteiger partial charge in [-0.15, -0.1) is 0 Å². The van der Waals surface area contributed by atoms with E-state index in [2.05, 4.69) is 13.8 Å². The molecule has 2 N–H and O–H groups in total. The molecule has 0 aromatic rings. The number of carbonyl (C=O) groups is 9. The van der Waals surface area contributed by atoms with Crippen LogP contribution in [0.4, 0.5) is 26.3 Å². The van der Waals surface area contributed by atoms with Crippen LogP contribution in [0.15, 0.2) is 0 Å². The van der Waals surface area contributed by atoms with Crippen molar-refractivity contribution in [2.75, 3.05) is 0 Å². The molecule has 15 aliphatic rings. The van der Waals surface area contributed by atoms with Crippen LogP contribution in [0, 0.1) is 127 Å². The minimum absolute atomic E-state index is 0.0364. The fourth-order valence-corrected chi connectivity index (χ4v) is 20.8. The molecule has 15 fully saturated rings. The van der Waals surface area contributed by atoms with Crippen molar-refractivity contribution in [3.63, 3.8) is 0 Å². The molecule has 12 aliphatic carbocycles. The summed E-state index contributed by atoms with van der Waals surface area (Å²) >= 11 is 0. The molecule has 0 aromatic carbocycles. The molecule has 0 spiro atoms. The van der Waals surface area contributed by atoms with E-state index in [9.17, 15) is 79.7 Å². The Labute approximate surface area is 678 Å². The van der Waals surface area contributed by atoms with Gasteiger partial charge >= 0.3 is 66.1 Å². The predicted octanol–water partition coefficient (Wildman–Crippen LogP) is 17.5. The van der Waals surface area contributed by atoms with Crippen molar-refractivity contribution in [3.05, 3.63) is 0 Å². The summed E-state index contributed by atoms with van der Waals surface area (Å²) < 4.78 is 126. The molecule has 3 heterocycles. The van der Waals surface area contributed by atoms with E-state index in [1.54, 1.807) is 20.8 Å². The third-order valence-corrected chi connectivity index (χ3v) is 31.0. The van der Waals surface area contributed by atoms with E-state index in [4.69, 9.17) is 42.6 Å². The van der Waals surface area contributed by atoms with E-state index in [1.807, 2.05) is 96.9 Å². The third kappa shape index (κ3) is 19.4. The van der Waals surface area contributed by atoms with Gasteiger partial charge in [-0.1, -0.05) is 48.5 Å². The van der Waals surface area contributed by atoms with Crippen molar-refractivity contribution >= 4 is 53.7 Å². The topological polar surface area (TPSA) is 277 Å². The summed E-state index contributed by atoms with van der Waals surface area (Å²) in [5.41, 5.74) is -8.68. The van der Waals surface area contributed by atoms with Gasteiger partial charge in [-0.25, -0.2) is 0 Å². The average Bonchev–Trinajstić information content (AvgIpc) is 0.984. The van der Waals surface area contributed by atoms with Crippen LogP contribution in [0.3, 0.4) is 0 Å². The first-order valence-corrected chi connectivity index (χ1v) is 43.4. The van der Waals surface area contributed by atoms with Crippen molar-refractivity contribution in [3.8, 4) is 0 Å². The minimum Gasteiger partial charge on any atom is -0.462 e. The van der Waals surface area contributed by atoms with Crippen molar-refractivity contribution < 1.29 is 122 Å². The number of ether oxygens (including phenoxy) is 9. The lowest BCUT2D eigenvalue weighted by Gasteiger charge is -2.60. The normalized spacial score (nSPS) is 36.3. The number of hydrogen-bond acceptors (Lipinski definition) is 20. The smallest absolute Gasteiger partial charge is 0.417 e. The molecule has 3 aliphatic heterocycles. The molecule has 0 aromatic heterocycles. The number of carbonyl (C=O) groups excluding carboxylic acids is 9. The van der Waals surface area contributed by atoms with Gasteiger partial charge in [0.1, 0.15) is 54.4 Å². The van der Waals surface area contributed by atoms with Crippen LogP contribution in [0.25, 0.3) is 0 Å². The molecule has 3 saturated heterocycles. The van der Waals surface area contributed by atoms with E-state index in [0.717, 1.165) is 102 Å². The predicted molar refractivity (Wildman–Crippen MR) is 411 cm³/mol. The average molecular weight is 1640 g/mol. The van der Waals surface area contributed by atoms with Crippen LogP contribution in [0.2, 0.25) is 0 Å². The molecule has 22 unspecified atom stereocenters. The maximum atomic E-state index is 12.9. The molecule has 656 valence electrons. The summed E-state index contributed by atoms with van der Waals surface area (Å²) in [5, 5.41) is 19.0. The Morgan fingerprint density at radius 3 is 1.03 bits per heavy atom. The summed E-state index contributed by atoms with van der Waals surface area (Å²) in [5.74, 6) is 3.68. The highest BCUT2D eigenvalue weighted by Gasteiger charge is 2.67. The lowest BCUT2D eigenvalue weighted by Crippen LogP contribution is -2.60. The highest BCUT2D eigenvalue weighted by molar-refractivity contribution is 5.81. The number of halogens is 6. The summed E-state index contributed by atoms with van der Waals surface area (Å²) in [6.07, 6.45) is 6.84. The fourth-order valence-electron chi connectivity index (χ4n) is 20.8. The molecule has 115 heavy (non-hydrogen) atoms. The van der Waals surface area contributed by atoms with E-state index in [-0.39, 0.29) is 138 Å². The number of esters is 9. The van der Waals surface area contributed by atoms with E-state index in [1.165, 1.54) is 39.0 Å². The van der Waals surface area contributed by atoms with Crippen molar-refractivity contribution in [1.29, 1.82) is 0 Å². The third-order valence-electron chi connectivity index (χ3n) is 31.0. The molecule has 15 rings (SSSR count). The first-order chi connectivity index (χ1) is 52.9. The van der Waals surface area contributed by atoms with Crippen LogP contribution in [0.5, 0.6) is 0 Å². The number of aliphatic hydroxyl groups is 2. The molecule has 0 radical (unpaired) electrons. The number of rotatable bonds is 23. The number of alkyl halides is 6. The Hall–Kier alpha value is -5.27. The lowest BCUT2D eigenvalue weighted by molar-refractivity contribution is -0.261. The fraction of sp³-hybridized carbons (Fsp3) is 0.899. The quantitative estimate of drug-likeness (QED) is 0.0546. The SMILES string of the molecule is CCC(C)(C)C(=O)OC(C)CC(C)(O)C(F)(F)F.CCC(C)(C)C(=O)OC1(CC)C2CC3CC(C2)CC1C3.CCC(C)(C)C(=O)OC1C2CC3C(=O)OC1C3C2.CCC(C)(C)C(=O)OC1C2CC3C(=O)OC1C3C2.CCC(C)(C)C(=O)OC1C2CC3C(=O)OC1C3C2.CCC(C)(C)C(=O)OC1CC2CC(CC(C)(O)C(F)(F)F)C1C2. The monoisotopic (exact) mass is 1640 g/mol. The van der Waals surface area contributed by atoms with Gasteiger partial charge in [0.05, 0.1) is 50.2 Å². The maximum absolute atomic E-state index is 12.9. The first kappa shape index (κ1) is 93.6. The number of fused-ring (bicyclic) bond motifs is 5. The first-order valence-electron chi connectivity index (χ1n) is 43.4. The molecule has 20 nitrogen and oxygen atoms in total. The van der Waals surface area contributed by atoms with Crippen LogP contribution < -0.4 is 0 Å². The van der Waals surface area contributed by atoms with Crippen molar-refractivity contribution in [2.24, 2.45) is 127 Å². The van der Waals surface area contributed by atoms with Crippen LogP contribution in [-0.4, -0.2) is 142 Å². The Balaban J connectivity index is 0.000000158. The highest BCUT2D eigenvalue weighted by Crippen LogP contribution is 2.63. The Bertz CT molecular complexity index is 3310. The van der Waals surface area contributed by atoms with Gasteiger partial charge in [-0.2, -0.15) is 26.3 Å². The second-order valence-electron chi connectivity index (χ2n) is 41.4. The van der Waals surface area contributed by atoms with E-state index >= 15 is 0 Å². The van der Waals surface area contributed by atoms with E-state index in [0.29, 0.717) is 79.4 Å². The zero-order valence-corrected chi connectivity index (χ0v) is 72.6. The Morgan fingerprint density at radius 2 is 0.713 bits per heavy atom. The zero-order valence-electron chi connectivity index (χ0n) is 72.6. The second-order valence-corrected chi connectivity index (χ2v) is 41.4. The molecule has 12 bridgehead atoms. The molecular formula is C89H138F6O20. The van der Waals surface area contributed by atoms with Gasteiger partial charge < -0.3 is 52.8 Å². The largest absolute Gasteiger partial charge is 0.462 e. The summed E-state index contributed by atoms with van der Waals surface area (Å²) in [6, 6.07) is 0. The standard InChI is InChI=1S/C18H30O2.C17H27F3O3.3C14H20O4.C12H21F3O3/c1-5-17(3,4)16(19)20-18(6-2)14-8-12-7-13(10-14)11-15(18)9-12;1-5-15(2,3)14(21)23-13-8-10-6-11(12(13)7-10)9-16(4,22)17(18,19)20;3*1-4-14(2,3)13(16)18-10-7-5-8-9(6-7)12(15)17-11(8)10;1-6-10(3,4)9(16)18-8(2)7-11(5,17)12(13,14)15/h12-15H,5-11H2,1-4H3;10-13,22H,5-9H2,1-4H3;3*7-11H,4-6H2,1-3H3;8,17H,6-7H2,1-5H3.